The van der Waals surface area contributed by atoms with Gasteiger partial charge in [0, 0.05) is 16.9 Å². The Morgan fingerprint density at radius 1 is 0.857 bits per heavy atom. The number of esters is 1. The summed E-state index contributed by atoms with van der Waals surface area (Å²) >= 11 is 0. The number of amides is 1. The molecule has 35 heavy (non-hydrogen) atoms. The van der Waals surface area contributed by atoms with Gasteiger partial charge in [0.25, 0.3) is 15.9 Å². The standard InChI is InChI=1S/C26H24N2O6S/c1-18(29)21-10-6-12-23(16-21)27-25(30)19(2)34-26(31)22-11-7-13-24(17-22)28-35(32,33)15-14-20-8-4-3-5-9-20/h3-17,19,28H,1-2H3,(H,27,30). The van der Waals surface area contributed by atoms with E-state index in [9.17, 15) is 22.8 Å². The molecule has 8 nitrogen and oxygen atoms in total. The topological polar surface area (TPSA) is 119 Å². The zero-order chi connectivity index (χ0) is 25.4. The predicted octanol–water partition coefficient (Wildman–Crippen LogP) is 4.49. The van der Waals surface area contributed by atoms with Gasteiger partial charge in [-0.2, -0.15) is 0 Å². The molecule has 0 spiro atoms. The molecule has 0 aromatic heterocycles. The fourth-order valence-corrected chi connectivity index (χ4v) is 3.84. The van der Waals surface area contributed by atoms with Gasteiger partial charge in [-0.1, -0.05) is 48.5 Å². The predicted molar refractivity (Wildman–Crippen MR) is 134 cm³/mol. The normalized spacial score (nSPS) is 12.1. The summed E-state index contributed by atoms with van der Waals surface area (Å²) in [5.74, 6) is -1.53. The van der Waals surface area contributed by atoms with Crippen LogP contribution in [0.3, 0.4) is 0 Å². The van der Waals surface area contributed by atoms with E-state index in [1.807, 2.05) is 6.07 Å². The zero-order valence-corrected chi connectivity index (χ0v) is 19.9. The van der Waals surface area contributed by atoms with Crippen molar-refractivity contribution in [1.82, 2.24) is 0 Å². The van der Waals surface area contributed by atoms with Crippen LogP contribution in [0.2, 0.25) is 0 Å². The van der Waals surface area contributed by atoms with Crippen molar-refractivity contribution in [3.8, 4) is 0 Å². The summed E-state index contributed by atoms with van der Waals surface area (Å²) in [6, 6.07) is 21.1. The van der Waals surface area contributed by atoms with Crippen molar-refractivity contribution in [3.63, 3.8) is 0 Å². The summed E-state index contributed by atoms with van der Waals surface area (Å²) in [7, 11) is -3.83. The quantitative estimate of drug-likeness (QED) is 0.336. The molecule has 0 fully saturated rings. The number of benzene rings is 3. The molecule has 2 N–H and O–H groups in total. The van der Waals surface area contributed by atoms with Gasteiger partial charge in [0.1, 0.15) is 0 Å². The Labute approximate surface area is 203 Å². The minimum absolute atomic E-state index is 0.0652. The molecular weight excluding hydrogens is 468 g/mol. The first-order valence-corrected chi connectivity index (χ1v) is 12.2. The molecular formula is C26H24N2O6S. The first kappa shape index (κ1) is 25.4. The fourth-order valence-electron chi connectivity index (χ4n) is 2.98. The van der Waals surface area contributed by atoms with E-state index in [2.05, 4.69) is 10.0 Å². The lowest BCUT2D eigenvalue weighted by Crippen LogP contribution is -2.30. The van der Waals surface area contributed by atoms with Crippen LogP contribution in [0.25, 0.3) is 6.08 Å². The Hall–Kier alpha value is -4.24. The van der Waals surface area contributed by atoms with Crippen molar-refractivity contribution >= 4 is 45.1 Å². The van der Waals surface area contributed by atoms with Crippen LogP contribution in [0.15, 0.2) is 84.3 Å². The second-order valence-electron chi connectivity index (χ2n) is 7.62. The van der Waals surface area contributed by atoms with Crippen molar-refractivity contribution in [3.05, 3.63) is 101 Å². The van der Waals surface area contributed by atoms with Crippen molar-refractivity contribution < 1.29 is 27.5 Å². The highest BCUT2D eigenvalue weighted by atomic mass is 32.2. The van der Waals surface area contributed by atoms with Gasteiger partial charge in [-0.3, -0.25) is 14.3 Å². The van der Waals surface area contributed by atoms with E-state index in [0.29, 0.717) is 11.3 Å². The first-order chi connectivity index (χ1) is 16.6. The molecule has 1 amide bonds. The van der Waals surface area contributed by atoms with E-state index in [-0.39, 0.29) is 17.0 Å². The molecule has 0 aliphatic rings. The molecule has 0 saturated carbocycles. The average molecular weight is 493 g/mol. The number of carbonyl (C=O) groups excluding carboxylic acids is 3. The van der Waals surface area contributed by atoms with E-state index in [4.69, 9.17) is 4.74 Å². The molecule has 0 saturated heterocycles. The molecule has 180 valence electrons. The van der Waals surface area contributed by atoms with Crippen LogP contribution in [0, 0.1) is 0 Å². The number of nitrogens with one attached hydrogen (secondary N) is 2. The maximum Gasteiger partial charge on any atom is 0.338 e. The van der Waals surface area contributed by atoms with Crippen molar-refractivity contribution in [2.24, 2.45) is 0 Å². The third-order valence-corrected chi connectivity index (χ3v) is 5.80. The third-order valence-electron chi connectivity index (χ3n) is 4.79. The molecule has 0 radical (unpaired) electrons. The number of ketones is 1. The van der Waals surface area contributed by atoms with Crippen LogP contribution in [0.1, 0.15) is 40.1 Å². The van der Waals surface area contributed by atoms with Crippen LogP contribution in [0.4, 0.5) is 11.4 Å². The van der Waals surface area contributed by atoms with E-state index in [0.717, 1.165) is 11.0 Å². The highest BCUT2D eigenvalue weighted by Gasteiger charge is 2.20. The average Bonchev–Trinajstić information content (AvgIpc) is 2.83. The van der Waals surface area contributed by atoms with Crippen molar-refractivity contribution in [2.75, 3.05) is 10.0 Å². The second-order valence-corrected chi connectivity index (χ2v) is 9.18. The molecule has 0 heterocycles. The first-order valence-electron chi connectivity index (χ1n) is 10.6. The second kappa shape index (κ2) is 11.3. The Morgan fingerprint density at radius 2 is 1.49 bits per heavy atom. The molecule has 1 unspecified atom stereocenters. The highest BCUT2D eigenvalue weighted by Crippen LogP contribution is 2.16. The molecule has 0 aliphatic carbocycles. The van der Waals surface area contributed by atoms with Gasteiger partial charge < -0.3 is 10.1 Å². The molecule has 9 heteroatoms. The van der Waals surface area contributed by atoms with Crippen molar-refractivity contribution in [2.45, 2.75) is 20.0 Å². The van der Waals surface area contributed by atoms with Gasteiger partial charge in [-0.15, -0.1) is 0 Å². The minimum atomic E-state index is -3.83. The van der Waals surface area contributed by atoms with Gasteiger partial charge in [0.15, 0.2) is 11.9 Å². The number of sulfonamides is 1. The summed E-state index contributed by atoms with van der Waals surface area (Å²) in [5, 5.41) is 3.62. The summed E-state index contributed by atoms with van der Waals surface area (Å²) < 4.78 is 32.4. The van der Waals surface area contributed by atoms with E-state index >= 15 is 0 Å². The van der Waals surface area contributed by atoms with Crippen LogP contribution in [0.5, 0.6) is 0 Å². The minimum Gasteiger partial charge on any atom is -0.449 e. The fraction of sp³-hybridized carbons (Fsp3) is 0.115. The molecule has 3 aromatic carbocycles. The summed E-state index contributed by atoms with van der Waals surface area (Å²) in [4.78, 5) is 36.5. The smallest absolute Gasteiger partial charge is 0.338 e. The number of hydrogen-bond donors (Lipinski definition) is 2. The number of Topliss-reactive ketones (excluding diaryl/α,β-unsaturated/α-hetero) is 1. The SMILES string of the molecule is CC(=O)c1cccc(NC(=O)C(C)OC(=O)c2cccc(NS(=O)(=O)C=Cc3ccccc3)c2)c1. The lowest BCUT2D eigenvalue weighted by atomic mass is 10.1. The Balaban J connectivity index is 1.62. The summed E-state index contributed by atoms with van der Waals surface area (Å²) in [5.41, 5.74) is 1.78. The van der Waals surface area contributed by atoms with Gasteiger partial charge in [0.2, 0.25) is 0 Å². The Morgan fingerprint density at radius 3 is 2.17 bits per heavy atom. The maximum atomic E-state index is 12.5. The summed E-state index contributed by atoms with van der Waals surface area (Å²) in [6.07, 6.45) is 0.310. The molecule has 1 atom stereocenters. The summed E-state index contributed by atoms with van der Waals surface area (Å²) in [6.45, 7) is 2.82. The number of carbonyl (C=O) groups is 3. The largest absolute Gasteiger partial charge is 0.449 e. The van der Waals surface area contributed by atoms with Crippen LogP contribution in [-0.2, 0) is 19.6 Å². The van der Waals surface area contributed by atoms with Gasteiger partial charge in [-0.05, 0) is 55.8 Å². The lowest BCUT2D eigenvalue weighted by molar-refractivity contribution is -0.123. The number of ether oxygens (including phenoxy) is 1. The molecule has 0 aliphatic heterocycles. The highest BCUT2D eigenvalue weighted by molar-refractivity contribution is 7.95. The monoisotopic (exact) mass is 492 g/mol. The van der Waals surface area contributed by atoms with Gasteiger partial charge in [-0.25, -0.2) is 13.2 Å². The van der Waals surface area contributed by atoms with E-state index in [1.165, 1.54) is 50.3 Å². The third kappa shape index (κ3) is 7.65. The Bertz CT molecular complexity index is 1370. The zero-order valence-electron chi connectivity index (χ0n) is 19.1. The number of rotatable bonds is 9. The molecule has 3 rings (SSSR count). The number of anilines is 2. The molecule has 0 bridgehead atoms. The number of hydrogen-bond acceptors (Lipinski definition) is 6. The van der Waals surface area contributed by atoms with Crippen LogP contribution >= 0.6 is 0 Å². The van der Waals surface area contributed by atoms with Crippen LogP contribution < -0.4 is 10.0 Å². The maximum absolute atomic E-state index is 12.5. The van der Waals surface area contributed by atoms with Crippen LogP contribution in [-0.4, -0.2) is 32.2 Å². The van der Waals surface area contributed by atoms with Gasteiger partial charge in [0.05, 0.1) is 11.0 Å². The van der Waals surface area contributed by atoms with Gasteiger partial charge >= 0.3 is 5.97 Å². The van der Waals surface area contributed by atoms with E-state index in [1.54, 1.807) is 42.5 Å². The van der Waals surface area contributed by atoms with Crippen molar-refractivity contribution in [1.29, 1.82) is 0 Å². The lowest BCUT2D eigenvalue weighted by Gasteiger charge is -2.14. The molecule has 3 aromatic rings. The van der Waals surface area contributed by atoms with E-state index < -0.39 is 28.0 Å². The Kier molecular flexibility index (Phi) is 8.17.